The molecule has 1 aromatic carbocycles. The molecule has 0 radical (unpaired) electrons. The zero-order chi connectivity index (χ0) is 14.2. The van der Waals surface area contributed by atoms with Gasteiger partial charge < -0.3 is 5.11 Å². The van der Waals surface area contributed by atoms with Crippen LogP contribution in [0.25, 0.3) is 11.1 Å². The van der Waals surface area contributed by atoms with Gasteiger partial charge in [-0.2, -0.15) is 0 Å². The Balaban J connectivity index is 2.67. The zero-order valence-electron chi connectivity index (χ0n) is 9.22. The molecule has 1 N–H and O–H groups in total. The molecule has 0 saturated carbocycles. The molecule has 0 aliphatic rings. The summed E-state index contributed by atoms with van der Waals surface area (Å²) in [6.07, 6.45) is 0.920. The summed E-state index contributed by atoms with van der Waals surface area (Å²) in [6.45, 7) is -0.405. The summed E-state index contributed by atoms with van der Waals surface area (Å²) in [6, 6.07) is 2.32. The van der Waals surface area contributed by atoms with Gasteiger partial charge in [-0.15, -0.1) is 0 Å². The number of aliphatic hydroxyl groups is 1. The molecular formula is C12H6F5NO. The lowest BCUT2D eigenvalue weighted by atomic mass is 10.0. The number of hydrogen-bond donors (Lipinski definition) is 1. The van der Waals surface area contributed by atoms with Gasteiger partial charge in [0.05, 0.1) is 17.9 Å². The second-order valence-corrected chi connectivity index (χ2v) is 3.64. The highest BCUT2D eigenvalue weighted by Gasteiger charge is 2.26. The van der Waals surface area contributed by atoms with Gasteiger partial charge in [0.25, 0.3) is 0 Å². The minimum absolute atomic E-state index is 0.202. The number of nitrogens with zero attached hydrogens (tertiary/aromatic N) is 1. The van der Waals surface area contributed by atoms with E-state index in [1.807, 2.05) is 0 Å². The van der Waals surface area contributed by atoms with E-state index in [1.54, 1.807) is 0 Å². The van der Waals surface area contributed by atoms with E-state index >= 15 is 0 Å². The Bertz CT molecular complexity index is 598. The maximum atomic E-state index is 13.5. The summed E-state index contributed by atoms with van der Waals surface area (Å²) in [5.41, 5.74) is -1.12. The molecule has 0 fully saturated rings. The largest absolute Gasteiger partial charge is 0.390 e. The van der Waals surface area contributed by atoms with Crippen molar-refractivity contribution in [2.75, 3.05) is 0 Å². The predicted octanol–water partition coefficient (Wildman–Crippen LogP) is 2.94. The van der Waals surface area contributed by atoms with Gasteiger partial charge in [0.2, 0.25) is 5.82 Å². The van der Waals surface area contributed by atoms with Crippen LogP contribution in [-0.4, -0.2) is 10.1 Å². The lowest BCUT2D eigenvalue weighted by Gasteiger charge is -2.08. The Morgan fingerprint density at radius 1 is 0.842 bits per heavy atom. The maximum absolute atomic E-state index is 13.5. The first-order valence-corrected chi connectivity index (χ1v) is 5.05. The molecule has 2 rings (SSSR count). The number of pyridine rings is 1. The van der Waals surface area contributed by atoms with Crippen LogP contribution in [-0.2, 0) is 6.61 Å². The Kier molecular flexibility index (Phi) is 3.48. The summed E-state index contributed by atoms with van der Waals surface area (Å²) >= 11 is 0. The van der Waals surface area contributed by atoms with Gasteiger partial charge in [-0.25, -0.2) is 22.0 Å². The molecule has 2 nitrogen and oxygen atoms in total. The van der Waals surface area contributed by atoms with Gasteiger partial charge in [-0.3, -0.25) is 4.98 Å². The average molecular weight is 275 g/mol. The van der Waals surface area contributed by atoms with Crippen molar-refractivity contribution < 1.29 is 27.1 Å². The number of rotatable bonds is 2. The summed E-state index contributed by atoms with van der Waals surface area (Å²) in [7, 11) is 0. The first kappa shape index (κ1) is 13.4. The fourth-order valence-electron chi connectivity index (χ4n) is 1.52. The molecular weight excluding hydrogens is 269 g/mol. The highest BCUT2D eigenvalue weighted by Crippen LogP contribution is 2.31. The highest BCUT2D eigenvalue weighted by molar-refractivity contribution is 5.64. The van der Waals surface area contributed by atoms with Crippen molar-refractivity contribution >= 4 is 0 Å². The van der Waals surface area contributed by atoms with Crippen molar-refractivity contribution in [1.82, 2.24) is 4.98 Å². The first-order valence-electron chi connectivity index (χ1n) is 5.05. The van der Waals surface area contributed by atoms with E-state index in [0.717, 1.165) is 12.3 Å². The van der Waals surface area contributed by atoms with Gasteiger partial charge in [-0.05, 0) is 6.07 Å². The third-order valence-electron chi connectivity index (χ3n) is 2.49. The molecule has 0 aliphatic carbocycles. The summed E-state index contributed by atoms with van der Waals surface area (Å²) in [4.78, 5) is 3.62. The van der Waals surface area contributed by atoms with Crippen LogP contribution in [0.2, 0.25) is 0 Å². The number of halogens is 5. The SMILES string of the molecule is OCc1ccc(-c2c(F)c(F)c(F)c(F)c2F)cn1. The first-order chi connectivity index (χ1) is 8.97. The number of hydrogen-bond acceptors (Lipinski definition) is 2. The summed E-state index contributed by atoms with van der Waals surface area (Å²) in [5, 5.41) is 8.75. The third kappa shape index (κ3) is 2.17. The van der Waals surface area contributed by atoms with Gasteiger partial charge in [-0.1, -0.05) is 6.07 Å². The van der Waals surface area contributed by atoms with E-state index in [1.165, 1.54) is 6.07 Å². The zero-order valence-corrected chi connectivity index (χ0v) is 9.22. The smallest absolute Gasteiger partial charge is 0.200 e. The lowest BCUT2D eigenvalue weighted by Crippen LogP contribution is -2.04. The van der Waals surface area contributed by atoms with Crippen LogP contribution in [0.15, 0.2) is 18.3 Å². The molecule has 0 aliphatic heterocycles. The fourth-order valence-corrected chi connectivity index (χ4v) is 1.52. The topological polar surface area (TPSA) is 33.1 Å². The van der Waals surface area contributed by atoms with Crippen molar-refractivity contribution in [1.29, 1.82) is 0 Å². The average Bonchev–Trinajstić information content (AvgIpc) is 2.44. The monoisotopic (exact) mass is 275 g/mol. The predicted molar refractivity (Wildman–Crippen MR) is 55.4 cm³/mol. The van der Waals surface area contributed by atoms with E-state index in [0.29, 0.717) is 0 Å². The van der Waals surface area contributed by atoms with E-state index in [9.17, 15) is 22.0 Å². The Morgan fingerprint density at radius 3 is 1.79 bits per heavy atom. The second kappa shape index (κ2) is 4.93. The Morgan fingerprint density at radius 2 is 1.37 bits per heavy atom. The van der Waals surface area contributed by atoms with Gasteiger partial charge >= 0.3 is 0 Å². The van der Waals surface area contributed by atoms with Crippen molar-refractivity contribution in [3.63, 3.8) is 0 Å². The molecule has 0 saturated heterocycles. The van der Waals surface area contributed by atoms with Crippen LogP contribution in [0.4, 0.5) is 22.0 Å². The molecule has 0 atom stereocenters. The third-order valence-corrected chi connectivity index (χ3v) is 2.49. The summed E-state index contributed by atoms with van der Waals surface area (Å²) < 4.78 is 65.8. The Labute approximate surface area is 104 Å². The van der Waals surface area contributed by atoms with E-state index in [-0.39, 0.29) is 11.3 Å². The highest BCUT2D eigenvalue weighted by atomic mass is 19.2. The minimum atomic E-state index is -2.21. The number of aromatic nitrogens is 1. The molecule has 2 aromatic rings. The molecule has 19 heavy (non-hydrogen) atoms. The molecule has 0 spiro atoms. The minimum Gasteiger partial charge on any atom is -0.390 e. The number of aliphatic hydroxyl groups excluding tert-OH is 1. The van der Waals surface area contributed by atoms with Gasteiger partial charge in [0, 0.05) is 11.8 Å². The molecule has 0 unspecified atom stereocenters. The molecule has 1 heterocycles. The van der Waals surface area contributed by atoms with Crippen LogP contribution < -0.4 is 0 Å². The fraction of sp³-hybridized carbons (Fsp3) is 0.0833. The Hall–Kier alpha value is -2.02. The van der Waals surface area contributed by atoms with Gasteiger partial charge in [0.1, 0.15) is 0 Å². The number of benzene rings is 1. The molecule has 100 valence electrons. The van der Waals surface area contributed by atoms with Crippen molar-refractivity contribution in [2.45, 2.75) is 6.61 Å². The van der Waals surface area contributed by atoms with Crippen LogP contribution >= 0.6 is 0 Å². The second-order valence-electron chi connectivity index (χ2n) is 3.64. The molecule has 1 aromatic heterocycles. The summed E-state index contributed by atoms with van der Waals surface area (Å²) in [5.74, 6) is -10.1. The van der Waals surface area contributed by atoms with Crippen LogP contribution in [0.1, 0.15) is 5.69 Å². The molecule has 0 bridgehead atoms. The maximum Gasteiger partial charge on any atom is 0.200 e. The van der Waals surface area contributed by atoms with Crippen molar-refractivity contribution in [3.05, 3.63) is 53.1 Å². The van der Waals surface area contributed by atoms with E-state index in [2.05, 4.69) is 4.98 Å². The quantitative estimate of drug-likeness (QED) is 0.519. The van der Waals surface area contributed by atoms with E-state index < -0.39 is 41.3 Å². The van der Waals surface area contributed by atoms with Crippen LogP contribution in [0.3, 0.4) is 0 Å². The van der Waals surface area contributed by atoms with Crippen LogP contribution in [0, 0.1) is 29.1 Å². The van der Waals surface area contributed by atoms with E-state index in [4.69, 9.17) is 5.11 Å². The van der Waals surface area contributed by atoms with Crippen molar-refractivity contribution in [2.24, 2.45) is 0 Å². The standard InChI is InChI=1S/C12H6F5NO/c13-8-7(5-1-2-6(4-19)18-3-5)9(14)11(16)12(17)10(8)15/h1-3,19H,4H2. The molecule has 7 heteroatoms. The van der Waals surface area contributed by atoms with Crippen LogP contribution in [0.5, 0.6) is 0 Å². The lowest BCUT2D eigenvalue weighted by molar-refractivity contribution is 0.277. The molecule has 0 amide bonds. The van der Waals surface area contributed by atoms with Gasteiger partial charge in [0.15, 0.2) is 23.3 Å². The normalized spacial score (nSPS) is 10.8. The van der Waals surface area contributed by atoms with Crippen molar-refractivity contribution in [3.8, 4) is 11.1 Å².